The number of urea groups is 1. The topological polar surface area (TPSA) is 64.8 Å². The highest BCUT2D eigenvalue weighted by molar-refractivity contribution is 5.81. The van der Waals surface area contributed by atoms with Gasteiger partial charge in [0.1, 0.15) is 5.70 Å². The van der Waals surface area contributed by atoms with Gasteiger partial charge in [-0.2, -0.15) is 13.2 Å². The number of rotatable bonds is 10. The third-order valence-electron chi connectivity index (χ3n) is 8.56. The summed E-state index contributed by atoms with van der Waals surface area (Å²) in [5, 5.41) is 2.50. The summed E-state index contributed by atoms with van der Waals surface area (Å²) in [6.07, 6.45) is 13.7. The third kappa shape index (κ3) is 5.87. The molecule has 9 heteroatoms. The fourth-order valence-corrected chi connectivity index (χ4v) is 5.91. The molecule has 0 aromatic heterocycles. The van der Waals surface area contributed by atoms with Gasteiger partial charge in [-0.1, -0.05) is 43.9 Å². The molecule has 0 aromatic rings. The third-order valence-corrected chi connectivity index (χ3v) is 8.56. The molecule has 0 atom stereocenters. The Balaban J connectivity index is 1.90. The zero-order chi connectivity index (χ0) is 28.1. The summed E-state index contributed by atoms with van der Waals surface area (Å²) >= 11 is 0. The van der Waals surface area contributed by atoms with E-state index in [0.717, 1.165) is 44.1 Å². The summed E-state index contributed by atoms with van der Waals surface area (Å²) in [5.41, 5.74) is 4.88. The summed E-state index contributed by atoms with van der Waals surface area (Å²) in [6.45, 7) is 11.0. The monoisotopic (exact) mass is 533 g/mol. The van der Waals surface area contributed by atoms with Gasteiger partial charge in [0, 0.05) is 24.5 Å². The lowest BCUT2D eigenvalue weighted by Gasteiger charge is -2.52. The summed E-state index contributed by atoms with van der Waals surface area (Å²) in [7, 11) is 4.18. The minimum atomic E-state index is -4.63. The van der Waals surface area contributed by atoms with Crippen LogP contribution in [0, 0.1) is 5.92 Å². The number of nitrogens with zero attached hydrogens (tertiary/aromatic N) is 3. The predicted molar refractivity (Wildman–Crippen MR) is 147 cm³/mol. The van der Waals surface area contributed by atoms with Gasteiger partial charge in [-0.15, -0.1) is 0 Å². The number of nitrogens with two attached hydrogens (primary N) is 1. The van der Waals surface area contributed by atoms with Gasteiger partial charge in [0.15, 0.2) is 0 Å². The van der Waals surface area contributed by atoms with E-state index >= 15 is 0 Å². The molecule has 3 fully saturated rings. The zero-order valence-corrected chi connectivity index (χ0v) is 22.9. The number of alkyl halides is 3. The Labute approximate surface area is 225 Å². The number of allylic oxidation sites excluding steroid dienone is 5. The van der Waals surface area contributed by atoms with Crippen molar-refractivity contribution < 1.29 is 18.0 Å². The van der Waals surface area contributed by atoms with Crippen LogP contribution in [-0.2, 0) is 0 Å². The Hall–Kier alpha value is -2.94. The Morgan fingerprint density at radius 2 is 1.82 bits per heavy atom. The molecule has 2 amide bonds. The Morgan fingerprint density at radius 3 is 2.29 bits per heavy atom. The van der Waals surface area contributed by atoms with Crippen molar-refractivity contribution in [1.29, 1.82) is 0 Å². The molecule has 0 unspecified atom stereocenters. The highest BCUT2D eigenvalue weighted by Gasteiger charge is 2.55. The molecular weight excluding hydrogens is 491 g/mol. The maximum Gasteiger partial charge on any atom is 0.432 e. The number of amides is 2. The molecule has 0 bridgehead atoms. The Morgan fingerprint density at radius 1 is 1.16 bits per heavy atom. The van der Waals surface area contributed by atoms with Gasteiger partial charge in [-0.25, -0.2) is 4.79 Å². The summed E-state index contributed by atoms with van der Waals surface area (Å²) in [4.78, 5) is 19.7. The van der Waals surface area contributed by atoms with Gasteiger partial charge >= 0.3 is 12.2 Å². The van der Waals surface area contributed by atoms with Crippen LogP contribution in [0.4, 0.5) is 18.0 Å². The molecule has 6 nitrogen and oxygen atoms in total. The van der Waals surface area contributed by atoms with Crippen LogP contribution >= 0.6 is 0 Å². The maximum absolute atomic E-state index is 13.8. The van der Waals surface area contributed by atoms with E-state index < -0.39 is 11.9 Å². The van der Waals surface area contributed by atoms with E-state index in [9.17, 15) is 18.0 Å². The lowest BCUT2D eigenvalue weighted by molar-refractivity contribution is -0.0929. The number of carbonyl (C=O) groups is 1. The van der Waals surface area contributed by atoms with E-state index in [2.05, 4.69) is 43.5 Å². The average molecular weight is 534 g/mol. The molecule has 2 aliphatic carbocycles. The fraction of sp³-hybridized carbons (Fsp3) is 0.552. The van der Waals surface area contributed by atoms with E-state index in [4.69, 9.17) is 5.73 Å². The van der Waals surface area contributed by atoms with E-state index in [1.54, 1.807) is 4.90 Å². The van der Waals surface area contributed by atoms with Crippen molar-refractivity contribution in [2.24, 2.45) is 11.7 Å². The molecule has 0 aromatic carbocycles. The lowest BCUT2D eigenvalue weighted by Crippen LogP contribution is -2.58. The molecule has 3 aliphatic rings. The number of halogens is 3. The molecule has 2 saturated carbocycles. The molecule has 210 valence electrons. The van der Waals surface area contributed by atoms with Crippen molar-refractivity contribution >= 4 is 6.03 Å². The molecule has 1 spiro atoms. The first-order valence-electron chi connectivity index (χ1n) is 13.3. The molecule has 1 heterocycles. The van der Waals surface area contributed by atoms with Gasteiger partial charge in [0.05, 0.1) is 17.8 Å². The zero-order valence-electron chi connectivity index (χ0n) is 22.9. The first-order valence-corrected chi connectivity index (χ1v) is 13.3. The van der Waals surface area contributed by atoms with Crippen LogP contribution in [0.1, 0.15) is 51.9 Å². The summed E-state index contributed by atoms with van der Waals surface area (Å²) < 4.78 is 38.3. The predicted octanol–water partition coefficient (Wildman–Crippen LogP) is 5.81. The minimum absolute atomic E-state index is 0.122. The number of hydrogen-bond acceptors (Lipinski definition) is 4. The van der Waals surface area contributed by atoms with Crippen LogP contribution in [0.2, 0.25) is 0 Å². The molecule has 0 radical (unpaired) electrons. The van der Waals surface area contributed by atoms with Crippen LogP contribution in [0.15, 0.2) is 72.9 Å². The van der Waals surface area contributed by atoms with Crippen LogP contribution < -0.4 is 11.1 Å². The van der Waals surface area contributed by atoms with Gasteiger partial charge in [0.2, 0.25) is 0 Å². The van der Waals surface area contributed by atoms with Gasteiger partial charge in [0.25, 0.3) is 0 Å². The first kappa shape index (κ1) is 29.6. The second-order valence-electron chi connectivity index (χ2n) is 10.8. The van der Waals surface area contributed by atoms with Gasteiger partial charge in [-0.05, 0) is 77.1 Å². The second kappa shape index (κ2) is 11.8. The normalized spacial score (nSPS) is 28.0. The van der Waals surface area contributed by atoms with E-state index in [1.807, 2.05) is 30.1 Å². The molecular formula is C29H42F3N5O. The number of likely N-dealkylation sites (N-methyl/N-ethyl adjacent to an activating group) is 1. The fourth-order valence-electron chi connectivity index (χ4n) is 5.91. The van der Waals surface area contributed by atoms with Crippen molar-refractivity contribution in [3.05, 3.63) is 72.9 Å². The van der Waals surface area contributed by atoms with Crippen molar-refractivity contribution in [2.45, 2.75) is 69.1 Å². The van der Waals surface area contributed by atoms with Crippen molar-refractivity contribution in [3.8, 4) is 0 Å². The second-order valence-corrected chi connectivity index (χ2v) is 10.8. The first-order chi connectivity index (χ1) is 17.9. The molecule has 3 N–H and O–H groups in total. The Bertz CT molecular complexity index is 1010. The quantitative estimate of drug-likeness (QED) is 0.348. The number of carbonyl (C=O) groups excluding carboxylic acids is 1. The van der Waals surface area contributed by atoms with Gasteiger partial charge in [-0.3, -0.25) is 9.80 Å². The van der Waals surface area contributed by atoms with Crippen molar-refractivity contribution in [1.82, 2.24) is 20.0 Å². The van der Waals surface area contributed by atoms with Crippen LogP contribution in [0.3, 0.4) is 0 Å². The standard InChI is InChI=1S/C29H42F3N5O/c1-6-9-13-23(7-2)28(35(4)5)16-14-27(15-17-28)21-36(26(38)37(27)20-22-11-10-12-22)24(8-3)18-34-19-25(33)29(30,31)32/h6-9,13,18-19,22,34H,2-3,10-12,14-17,20-21,33H2,1,4-5H3/b9-6-,23-13+,24-18+,25-19+/t27-,28+. The number of nitrogens with one attached hydrogen (secondary N) is 1. The van der Waals surface area contributed by atoms with Crippen LogP contribution in [-0.4, -0.2) is 65.2 Å². The minimum Gasteiger partial charge on any atom is -0.394 e. The average Bonchev–Trinajstić information content (AvgIpc) is 3.10. The van der Waals surface area contributed by atoms with Crippen molar-refractivity contribution in [2.75, 3.05) is 27.2 Å². The molecule has 1 aliphatic heterocycles. The van der Waals surface area contributed by atoms with Crippen LogP contribution in [0.25, 0.3) is 0 Å². The van der Waals surface area contributed by atoms with Crippen molar-refractivity contribution in [3.63, 3.8) is 0 Å². The SMILES string of the molecule is C=C/C(=C\N/C=C(/N)C(F)(F)F)N1C[C@]2(CC[C@](/C(C=C)=C/C=C\C)(N(C)C)CC2)N(CC2CCC2)C1=O. The summed E-state index contributed by atoms with van der Waals surface area (Å²) in [6, 6.07) is -0.122. The van der Waals surface area contributed by atoms with E-state index in [1.165, 1.54) is 18.7 Å². The van der Waals surface area contributed by atoms with E-state index in [0.29, 0.717) is 30.9 Å². The lowest BCUT2D eigenvalue weighted by atomic mass is 9.67. The smallest absolute Gasteiger partial charge is 0.394 e. The molecule has 38 heavy (non-hydrogen) atoms. The maximum atomic E-state index is 13.8. The Kier molecular flexibility index (Phi) is 9.23. The highest BCUT2D eigenvalue weighted by atomic mass is 19.4. The number of hydrogen-bond donors (Lipinski definition) is 2. The van der Waals surface area contributed by atoms with Crippen LogP contribution in [0.5, 0.6) is 0 Å². The van der Waals surface area contributed by atoms with Gasteiger partial charge < -0.3 is 16.0 Å². The highest BCUT2D eigenvalue weighted by Crippen LogP contribution is 2.49. The molecule has 1 saturated heterocycles. The van der Waals surface area contributed by atoms with E-state index in [-0.39, 0.29) is 17.1 Å². The summed E-state index contributed by atoms with van der Waals surface area (Å²) in [5.74, 6) is 0.485. The molecule has 3 rings (SSSR count). The largest absolute Gasteiger partial charge is 0.432 e.